The number of halogens is 4. The molecule has 2 aromatic rings. The van der Waals surface area contributed by atoms with E-state index in [1.54, 1.807) is 19.1 Å². The fourth-order valence-electron chi connectivity index (χ4n) is 1.78. The van der Waals surface area contributed by atoms with E-state index < -0.39 is 11.7 Å². The molecular weight excluding hydrogens is 321 g/mol. The quantitative estimate of drug-likeness (QED) is 0.766. The first kappa shape index (κ1) is 13.9. The largest absolute Gasteiger partial charge is 0.508 e. The summed E-state index contributed by atoms with van der Waals surface area (Å²) in [4.78, 5) is 0. The Morgan fingerprint density at radius 2 is 1.63 bits per heavy atom. The van der Waals surface area contributed by atoms with Crippen LogP contribution in [-0.4, -0.2) is 5.11 Å². The molecule has 5 heteroatoms. The van der Waals surface area contributed by atoms with Gasteiger partial charge < -0.3 is 5.11 Å². The standard InChI is InChI=1S/C14H10BrF3O/c1-8-6-10(14(16,17)18)7-12(13(8)15)9-2-4-11(19)5-3-9/h2-7,19H,1H3. The lowest BCUT2D eigenvalue weighted by molar-refractivity contribution is -0.137. The summed E-state index contributed by atoms with van der Waals surface area (Å²) in [5.41, 5.74) is 0.889. The van der Waals surface area contributed by atoms with Gasteiger partial charge in [0.05, 0.1) is 5.56 Å². The van der Waals surface area contributed by atoms with Gasteiger partial charge >= 0.3 is 6.18 Å². The highest BCUT2D eigenvalue weighted by Gasteiger charge is 2.31. The van der Waals surface area contributed by atoms with Gasteiger partial charge in [-0.2, -0.15) is 13.2 Å². The molecule has 0 fully saturated rings. The van der Waals surface area contributed by atoms with E-state index in [9.17, 15) is 18.3 Å². The fourth-order valence-corrected chi connectivity index (χ4v) is 2.24. The van der Waals surface area contributed by atoms with Gasteiger partial charge in [0.25, 0.3) is 0 Å². The number of aromatic hydroxyl groups is 1. The second kappa shape index (κ2) is 4.89. The Balaban J connectivity index is 2.62. The van der Waals surface area contributed by atoms with Gasteiger partial charge in [0.1, 0.15) is 5.75 Å². The van der Waals surface area contributed by atoms with Gasteiger partial charge in [-0.05, 0) is 63.8 Å². The van der Waals surface area contributed by atoms with E-state index in [-0.39, 0.29) is 5.75 Å². The predicted molar refractivity (Wildman–Crippen MR) is 71.0 cm³/mol. The molecule has 2 aromatic carbocycles. The number of phenols is 1. The lowest BCUT2D eigenvalue weighted by Gasteiger charge is -2.13. The Kier molecular flexibility index (Phi) is 3.58. The maximum Gasteiger partial charge on any atom is 0.416 e. The zero-order valence-corrected chi connectivity index (χ0v) is 11.5. The number of alkyl halides is 3. The number of phenolic OH excluding ortho intramolecular Hbond substituents is 1. The van der Waals surface area contributed by atoms with Crippen molar-refractivity contribution in [2.45, 2.75) is 13.1 Å². The van der Waals surface area contributed by atoms with Crippen LogP contribution in [0.4, 0.5) is 13.2 Å². The van der Waals surface area contributed by atoms with Crippen molar-refractivity contribution < 1.29 is 18.3 Å². The van der Waals surface area contributed by atoms with E-state index in [1.807, 2.05) is 0 Å². The van der Waals surface area contributed by atoms with Crippen LogP contribution in [0.3, 0.4) is 0 Å². The summed E-state index contributed by atoms with van der Waals surface area (Å²) in [6, 6.07) is 8.25. The Morgan fingerprint density at radius 1 is 1.05 bits per heavy atom. The van der Waals surface area contributed by atoms with E-state index >= 15 is 0 Å². The summed E-state index contributed by atoms with van der Waals surface area (Å²) >= 11 is 3.31. The number of hydrogen-bond acceptors (Lipinski definition) is 1. The zero-order chi connectivity index (χ0) is 14.2. The van der Waals surface area contributed by atoms with Crippen LogP contribution in [0.25, 0.3) is 11.1 Å². The van der Waals surface area contributed by atoms with Crippen molar-refractivity contribution in [1.29, 1.82) is 0 Å². The highest BCUT2D eigenvalue weighted by Crippen LogP contribution is 2.38. The van der Waals surface area contributed by atoms with Crippen LogP contribution in [0.5, 0.6) is 5.75 Å². The Morgan fingerprint density at radius 3 is 2.16 bits per heavy atom. The van der Waals surface area contributed by atoms with Gasteiger partial charge in [-0.15, -0.1) is 0 Å². The van der Waals surface area contributed by atoms with E-state index in [2.05, 4.69) is 15.9 Å². The fraction of sp³-hybridized carbons (Fsp3) is 0.143. The monoisotopic (exact) mass is 330 g/mol. The van der Waals surface area contributed by atoms with Crippen molar-refractivity contribution in [1.82, 2.24) is 0 Å². The van der Waals surface area contributed by atoms with Crippen molar-refractivity contribution in [3.63, 3.8) is 0 Å². The van der Waals surface area contributed by atoms with Crippen LogP contribution in [0.2, 0.25) is 0 Å². The van der Waals surface area contributed by atoms with Crippen LogP contribution in [0.1, 0.15) is 11.1 Å². The van der Waals surface area contributed by atoms with Crippen LogP contribution in [-0.2, 0) is 6.18 Å². The lowest BCUT2D eigenvalue weighted by atomic mass is 10.00. The van der Waals surface area contributed by atoms with Gasteiger partial charge in [-0.3, -0.25) is 0 Å². The molecule has 2 rings (SSSR count). The molecule has 0 aliphatic carbocycles. The first-order chi connectivity index (χ1) is 8.79. The predicted octanol–water partition coefficient (Wildman–Crippen LogP) is 5.15. The molecule has 0 saturated heterocycles. The summed E-state index contributed by atoms with van der Waals surface area (Å²) in [5.74, 6) is 0.0728. The third-order valence-corrected chi connectivity index (χ3v) is 3.81. The minimum Gasteiger partial charge on any atom is -0.508 e. The summed E-state index contributed by atoms with van der Waals surface area (Å²) in [6.07, 6.45) is -4.38. The minimum absolute atomic E-state index is 0.0728. The second-order valence-electron chi connectivity index (χ2n) is 4.20. The van der Waals surface area contributed by atoms with Crippen LogP contribution in [0.15, 0.2) is 40.9 Å². The molecule has 19 heavy (non-hydrogen) atoms. The van der Waals surface area contributed by atoms with Gasteiger partial charge in [0.15, 0.2) is 0 Å². The molecule has 0 amide bonds. The molecule has 1 nitrogen and oxygen atoms in total. The molecule has 100 valence electrons. The topological polar surface area (TPSA) is 20.2 Å². The average Bonchev–Trinajstić information content (AvgIpc) is 2.32. The van der Waals surface area contributed by atoms with E-state index in [1.165, 1.54) is 12.1 Å². The van der Waals surface area contributed by atoms with Crippen molar-refractivity contribution in [3.8, 4) is 16.9 Å². The molecule has 0 atom stereocenters. The third kappa shape index (κ3) is 2.92. The molecule has 0 bridgehead atoms. The molecule has 0 aromatic heterocycles. The molecular formula is C14H10BrF3O. The van der Waals surface area contributed by atoms with Gasteiger partial charge in [0.2, 0.25) is 0 Å². The van der Waals surface area contributed by atoms with Crippen LogP contribution < -0.4 is 0 Å². The highest BCUT2D eigenvalue weighted by molar-refractivity contribution is 9.10. The molecule has 0 unspecified atom stereocenters. The van der Waals surface area contributed by atoms with Crippen LogP contribution in [0, 0.1) is 6.92 Å². The maximum absolute atomic E-state index is 12.8. The summed E-state index contributed by atoms with van der Waals surface area (Å²) in [5, 5.41) is 9.22. The van der Waals surface area contributed by atoms with E-state index in [4.69, 9.17) is 0 Å². The van der Waals surface area contributed by atoms with Gasteiger partial charge in [-0.1, -0.05) is 12.1 Å². The molecule has 0 saturated carbocycles. The molecule has 0 spiro atoms. The molecule has 0 aliphatic rings. The Hall–Kier alpha value is -1.49. The molecule has 0 heterocycles. The highest BCUT2D eigenvalue weighted by atomic mass is 79.9. The Labute approximate surface area is 116 Å². The number of hydrogen-bond donors (Lipinski definition) is 1. The summed E-state index contributed by atoms with van der Waals surface area (Å²) < 4.78 is 39.0. The summed E-state index contributed by atoms with van der Waals surface area (Å²) in [6.45, 7) is 1.61. The normalized spacial score (nSPS) is 11.6. The first-order valence-corrected chi connectivity index (χ1v) is 6.25. The van der Waals surface area contributed by atoms with Crippen molar-refractivity contribution in [2.75, 3.05) is 0 Å². The third-order valence-electron chi connectivity index (χ3n) is 2.76. The number of benzene rings is 2. The van der Waals surface area contributed by atoms with Crippen molar-refractivity contribution in [2.24, 2.45) is 0 Å². The molecule has 0 aliphatic heterocycles. The van der Waals surface area contributed by atoms with Crippen molar-refractivity contribution in [3.05, 3.63) is 52.0 Å². The van der Waals surface area contributed by atoms with Gasteiger partial charge in [-0.25, -0.2) is 0 Å². The number of aryl methyl sites for hydroxylation is 1. The average molecular weight is 331 g/mol. The molecule has 1 N–H and O–H groups in total. The van der Waals surface area contributed by atoms with Crippen molar-refractivity contribution >= 4 is 15.9 Å². The van der Waals surface area contributed by atoms with E-state index in [0.29, 0.717) is 21.2 Å². The minimum atomic E-state index is -4.38. The Bertz CT molecular complexity index is 603. The summed E-state index contributed by atoms with van der Waals surface area (Å²) in [7, 11) is 0. The second-order valence-corrected chi connectivity index (χ2v) is 4.99. The zero-order valence-electron chi connectivity index (χ0n) is 9.92. The SMILES string of the molecule is Cc1cc(C(F)(F)F)cc(-c2ccc(O)cc2)c1Br. The smallest absolute Gasteiger partial charge is 0.416 e. The molecule has 0 radical (unpaired) electrons. The number of rotatable bonds is 1. The maximum atomic E-state index is 12.8. The van der Waals surface area contributed by atoms with Crippen LogP contribution >= 0.6 is 15.9 Å². The lowest BCUT2D eigenvalue weighted by Crippen LogP contribution is -2.06. The first-order valence-electron chi connectivity index (χ1n) is 5.46. The van der Waals surface area contributed by atoms with E-state index in [0.717, 1.165) is 12.1 Å². The van der Waals surface area contributed by atoms with Gasteiger partial charge in [0, 0.05) is 4.47 Å².